The molecule has 0 radical (unpaired) electrons. The Morgan fingerprint density at radius 3 is 2.73 bits per heavy atom. The number of fused-ring (bicyclic) bond motifs is 2. The number of H-pyrrole nitrogens is 1. The van der Waals surface area contributed by atoms with E-state index in [1.807, 2.05) is 18.7 Å². The number of rotatable bonds is 3. The Labute approximate surface area is 170 Å². The maximum atomic E-state index is 13.0. The van der Waals surface area contributed by atoms with E-state index in [0.717, 1.165) is 40.6 Å². The van der Waals surface area contributed by atoms with Crippen LogP contribution in [0.1, 0.15) is 25.0 Å². The summed E-state index contributed by atoms with van der Waals surface area (Å²) in [6, 6.07) is 4.52. The molecule has 26 heavy (non-hydrogen) atoms. The van der Waals surface area contributed by atoms with Crippen LogP contribution in [0.3, 0.4) is 0 Å². The molecule has 2 heterocycles. The Morgan fingerprint density at radius 2 is 2.04 bits per heavy atom. The quantitative estimate of drug-likeness (QED) is 0.705. The van der Waals surface area contributed by atoms with E-state index in [4.69, 9.17) is 0 Å². The summed E-state index contributed by atoms with van der Waals surface area (Å²) in [5.74, 6) is 0.148. The average molecular weight is 481 g/mol. The van der Waals surface area contributed by atoms with Crippen LogP contribution in [-0.2, 0) is 11.2 Å². The molecule has 6 heteroatoms. The largest absolute Gasteiger partial charge is 0.349 e. The van der Waals surface area contributed by atoms with Crippen LogP contribution in [0.2, 0.25) is 0 Å². The van der Waals surface area contributed by atoms with Crippen LogP contribution in [0.4, 0.5) is 0 Å². The summed E-state index contributed by atoms with van der Waals surface area (Å²) in [5.41, 5.74) is 4.99. The lowest BCUT2D eigenvalue weighted by Crippen LogP contribution is -2.47. The zero-order chi connectivity index (χ0) is 18.6. The predicted octanol–water partition coefficient (Wildman–Crippen LogP) is 4.43. The first-order chi connectivity index (χ1) is 12.5. The summed E-state index contributed by atoms with van der Waals surface area (Å²) in [6.07, 6.45) is 3.19. The third-order valence-electron chi connectivity index (χ3n) is 5.80. The highest BCUT2D eigenvalue weighted by molar-refractivity contribution is 9.10. The minimum atomic E-state index is -0.0859. The second kappa shape index (κ2) is 6.80. The summed E-state index contributed by atoms with van der Waals surface area (Å²) >= 11 is 7.47. The van der Waals surface area contributed by atoms with Crippen LogP contribution in [0.5, 0.6) is 0 Å². The SMILES string of the molecule is CCN(CC)C(=O)[C@@H]1C=C2c3c(Br)ccc4[nH]c(Br)c(c34)C[C@H]2N(C)C1. The molecule has 2 aromatic rings. The van der Waals surface area contributed by atoms with E-state index in [9.17, 15) is 4.79 Å². The van der Waals surface area contributed by atoms with Gasteiger partial charge in [0.15, 0.2) is 0 Å². The molecule has 1 aliphatic carbocycles. The Balaban J connectivity index is 1.88. The van der Waals surface area contributed by atoms with Gasteiger partial charge < -0.3 is 9.88 Å². The van der Waals surface area contributed by atoms with Crippen LogP contribution in [0, 0.1) is 5.92 Å². The molecule has 0 fully saturated rings. The average Bonchev–Trinajstić information content (AvgIpc) is 2.95. The van der Waals surface area contributed by atoms with Crippen molar-refractivity contribution in [3.8, 4) is 0 Å². The first-order valence-electron chi connectivity index (χ1n) is 9.15. The van der Waals surface area contributed by atoms with Crippen molar-refractivity contribution < 1.29 is 4.79 Å². The van der Waals surface area contributed by atoms with E-state index in [1.54, 1.807) is 0 Å². The highest BCUT2D eigenvalue weighted by Gasteiger charge is 2.38. The van der Waals surface area contributed by atoms with Crippen molar-refractivity contribution in [2.45, 2.75) is 26.3 Å². The second-order valence-electron chi connectivity index (χ2n) is 7.16. The normalized spacial score (nSPS) is 22.3. The van der Waals surface area contributed by atoms with Crippen molar-refractivity contribution in [2.75, 3.05) is 26.7 Å². The number of likely N-dealkylation sites (N-methyl/N-ethyl adjacent to an activating group) is 1. The molecule has 2 aliphatic rings. The predicted molar refractivity (Wildman–Crippen MR) is 113 cm³/mol. The zero-order valence-electron chi connectivity index (χ0n) is 15.3. The van der Waals surface area contributed by atoms with Gasteiger partial charge in [-0.1, -0.05) is 22.0 Å². The number of aromatic nitrogens is 1. The summed E-state index contributed by atoms with van der Waals surface area (Å²) in [7, 11) is 2.14. The number of hydrogen-bond acceptors (Lipinski definition) is 2. The molecule has 138 valence electrons. The molecule has 0 saturated carbocycles. The van der Waals surface area contributed by atoms with Crippen molar-refractivity contribution in [1.29, 1.82) is 0 Å². The van der Waals surface area contributed by atoms with Crippen molar-refractivity contribution in [1.82, 2.24) is 14.8 Å². The fourth-order valence-electron chi connectivity index (χ4n) is 4.46. The third-order valence-corrected chi connectivity index (χ3v) is 7.14. The lowest BCUT2D eigenvalue weighted by Gasteiger charge is -2.40. The summed E-state index contributed by atoms with van der Waals surface area (Å²) in [5, 5.41) is 1.28. The topological polar surface area (TPSA) is 39.3 Å². The Bertz CT molecular complexity index is 913. The smallest absolute Gasteiger partial charge is 0.230 e. The van der Waals surface area contributed by atoms with Crippen LogP contribution < -0.4 is 0 Å². The van der Waals surface area contributed by atoms with E-state index in [-0.39, 0.29) is 11.8 Å². The maximum absolute atomic E-state index is 13.0. The zero-order valence-corrected chi connectivity index (χ0v) is 18.4. The molecular formula is C20H23Br2N3O. The first kappa shape index (κ1) is 18.3. The lowest BCUT2D eigenvalue weighted by molar-refractivity contribution is -0.134. The van der Waals surface area contributed by atoms with Gasteiger partial charge in [0.1, 0.15) is 0 Å². The second-order valence-corrected chi connectivity index (χ2v) is 8.81. The minimum Gasteiger partial charge on any atom is -0.349 e. The standard InChI is InChI=1S/C20H23Br2N3O/c1-4-25(5-2)20(26)11-8-12-16(24(3)10-11)9-13-18-15(23-19(13)22)7-6-14(21)17(12)18/h6-8,11,16,23H,4-5,9-10H2,1-3H3/t11-,16-/m1/s1. The summed E-state index contributed by atoms with van der Waals surface area (Å²) in [6.45, 7) is 6.39. The fraction of sp³-hybridized carbons (Fsp3) is 0.450. The third kappa shape index (κ3) is 2.69. The van der Waals surface area contributed by atoms with Gasteiger partial charge in [-0.05, 0) is 66.5 Å². The van der Waals surface area contributed by atoms with Gasteiger partial charge >= 0.3 is 0 Å². The highest BCUT2D eigenvalue weighted by Crippen LogP contribution is 2.46. The van der Waals surface area contributed by atoms with E-state index in [2.05, 4.69) is 67.0 Å². The van der Waals surface area contributed by atoms with Gasteiger partial charge in [0, 0.05) is 46.6 Å². The number of carbonyl (C=O) groups is 1. The fourth-order valence-corrected chi connectivity index (χ4v) is 5.59. The number of aromatic amines is 1. The van der Waals surface area contributed by atoms with Crippen molar-refractivity contribution in [2.24, 2.45) is 5.92 Å². The van der Waals surface area contributed by atoms with Crippen LogP contribution >= 0.6 is 31.9 Å². The maximum Gasteiger partial charge on any atom is 0.230 e. The molecule has 1 N–H and O–H groups in total. The van der Waals surface area contributed by atoms with Gasteiger partial charge in [0.2, 0.25) is 5.91 Å². The van der Waals surface area contributed by atoms with E-state index in [0.29, 0.717) is 6.04 Å². The molecular weight excluding hydrogens is 458 g/mol. The van der Waals surface area contributed by atoms with Crippen molar-refractivity contribution in [3.63, 3.8) is 0 Å². The molecule has 1 aromatic heterocycles. The van der Waals surface area contributed by atoms with Gasteiger partial charge in [-0.3, -0.25) is 9.69 Å². The number of halogens is 2. The van der Waals surface area contributed by atoms with E-state index < -0.39 is 0 Å². The molecule has 1 aliphatic heterocycles. The number of amides is 1. The number of nitrogens with zero attached hydrogens (tertiary/aromatic N) is 2. The molecule has 0 bridgehead atoms. The van der Waals surface area contributed by atoms with Gasteiger partial charge in [0.25, 0.3) is 0 Å². The molecule has 0 spiro atoms. The number of carbonyl (C=O) groups excluding carboxylic acids is 1. The molecule has 1 aromatic carbocycles. The molecule has 2 atom stereocenters. The van der Waals surface area contributed by atoms with Crippen molar-refractivity contribution in [3.05, 3.63) is 38.4 Å². The molecule has 0 saturated heterocycles. The van der Waals surface area contributed by atoms with Gasteiger partial charge in [-0.25, -0.2) is 0 Å². The Morgan fingerprint density at radius 1 is 1.31 bits per heavy atom. The molecule has 0 unspecified atom stereocenters. The number of nitrogens with one attached hydrogen (secondary N) is 1. The van der Waals surface area contributed by atoms with E-state index in [1.165, 1.54) is 22.1 Å². The van der Waals surface area contributed by atoms with Gasteiger partial charge in [-0.2, -0.15) is 0 Å². The lowest BCUT2D eigenvalue weighted by atomic mass is 9.79. The van der Waals surface area contributed by atoms with Crippen LogP contribution in [0.25, 0.3) is 16.5 Å². The minimum absolute atomic E-state index is 0.0859. The highest BCUT2D eigenvalue weighted by atomic mass is 79.9. The van der Waals surface area contributed by atoms with E-state index >= 15 is 0 Å². The molecule has 1 amide bonds. The summed E-state index contributed by atoms with van der Waals surface area (Å²) < 4.78 is 2.17. The van der Waals surface area contributed by atoms with Crippen molar-refractivity contribution >= 4 is 54.2 Å². The Hall–Kier alpha value is -1.11. The summed E-state index contributed by atoms with van der Waals surface area (Å²) in [4.78, 5) is 20.7. The molecule has 4 rings (SSSR count). The van der Waals surface area contributed by atoms with Crippen LogP contribution in [-0.4, -0.2) is 53.4 Å². The first-order valence-corrected chi connectivity index (χ1v) is 10.7. The number of benzene rings is 1. The monoisotopic (exact) mass is 479 g/mol. The van der Waals surface area contributed by atoms with Crippen LogP contribution in [0.15, 0.2) is 27.3 Å². The molecule has 4 nitrogen and oxygen atoms in total. The Kier molecular flexibility index (Phi) is 4.78. The van der Waals surface area contributed by atoms with Gasteiger partial charge in [0.05, 0.1) is 10.5 Å². The van der Waals surface area contributed by atoms with Gasteiger partial charge in [-0.15, -0.1) is 0 Å². The number of hydrogen-bond donors (Lipinski definition) is 1.